The Morgan fingerprint density at radius 1 is 1.17 bits per heavy atom. The summed E-state index contributed by atoms with van der Waals surface area (Å²) in [5.41, 5.74) is 5.72. The van der Waals surface area contributed by atoms with Crippen LogP contribution >= 0.6 is 20.7 Å². The van der Waals surface area contributed by atoms with Gasteiger partial charge in [0, 0.05) is 10.2 Å². The molecule has 136 valence electrons. The highest BCUT2D eigenvalue weighted by atomic mass is 127. The van der Waals surface area contributed by atoms with Crippen LogP contribution in [0, 0.1) is 12.8 Å². The number of aryl methyl sites for hydroxylation is 3. The number of halogens is 1. The molecule has 1 rings (SSSR count). The van der Waals surface area contributed by atoms with Gasteiger partial charge in [0.1, 0.15) is 0 Å². The van der Waals surface area contributed by atoms with Crippen LogP contribution in [-0.4, -0.2) is 15.1 Å². The average molecular weight is 441 g/mol. The molecular formula is C22H36IN. The van der Waals surface area contributed by atoms with Crippen molar-refractivity contribution >= 4 is 24.4 Å². The Hall–Kier alpha value is -0.480. The predicted octanol–water partition coefficient (Wildman–Crippen LogP) is 6.19. The minimum Gasteiger partial charge on any atom is -0.284 e. The summed E-state index contributed by atoms with van der Waals surface area (Å²) < 4.78 is 1.41. The van der Waals surface area contributed by atoms with E-state index < -0.39 is 0 Å². The van der Waals surface area contributed by atoms with Crippen molar-refractivity contribution in [3.05, 3.63) is 47.0 Å². The number of hydrogen-bond donors (Lipinski definition) is 1. The van der Waals surface area contributed by atoms with Gasteiger partial charge in [0.25, 0.3) is 0 Å². The van der Waals surface area contributed by atoms with E-state index in [4.69, 9.17) is 0 Å². The Balaban J connectivity index is 2.34. The van der Waals surface area contributed by atoms with Gasteiger partial charge in [0.05, 0.1) is 0 Å². The second-order valence-corrected chi connectivity index (χ2v) is 9.37. The molecule has 0 saturated heterocycles. The standard InChI is InChI=1S/C22H36IN/c1-17(2)10-9-11-20-13-14-21(19(5)16-20)12-7-8-15-24-22(23-6)18(3)4/h13-14,16-17,24H,3,7-12,15H2,1-2,4-6H3. The summed E-state index contributed by atoms with van der Waals surface area (Å²) in [6.07, 6.45) is 7.55. The molecular weight excluding hydrogens is 405 g/mol. The Morgan fingerprint density at radius 3 is 2.50 bits per heavy atom. The molecule has 1 aromatic carbocycles. The topological polar surface area (TPSA) is 12.0 Å². The van der Waals surface area contributed by atoms with E-state index in [1.807, 2.05) is 0 Å². The van der Waals surface area contributed by atoms with E-state index in [1.165, 1.54) is 64.4 Å². The van der Waals surface area contributed by atoms with Crippen LogP contribution in [0.4, 0.5) is 0 Å². The van der Waals surface area contributed by atoms with Crippen molar-refractivity contribution in [1.29, 1.82) is 0 Å². The summed E-state index contributed by atoms with van der Waals surface area (Å²) in [7, 11) is 0. The van der Waals surface area contributed by atoms with E-state index >= 15 is 0 Å². The summed E-state index contributed by atoms with van der Waals surface area (Å²) in [6, 6.07) is 7.11. The average Bonchev–Trinajstić information content (AvgIpc) is 2.51. The van der Waals surface area contributed by atoms with Gasteiger partial charge in [-0.15, -0.1) is 20.7 Å². The monoisotopic (exact) mass is 441 g/mol. The first-order valence-corrected chi connectivity index (χ1v) is 12.5. The van der Waals surface area contributed by atoms with Gasteiger partial charge >= 0.3 is 0 Å². The normalized spacial score (nSPS) is 12.3. The zero-order valence-electron chi connectivity index (χ0n) is 16.3. The van der Waals surface area contributed by atoms with E-state index in [-0.39, 0.29) is 20.7 Å². The molecule has 2 heteroatoms. The third kappa shape index (κ3) is 8.57. The summed E-state index contributed by atoms with van der Waals surface area (Å²) in [6.45, 7) is 14.1. The second kappa shape index (κ2) is 12.0. The lowest BCUT2D eigenvalue weighted by Gasteiger charge is -2.11. The molecule has 0 atom stereocenters. The molecule has 0 amide bonds. The van der Waals surface area contributed by atoms with Crippen LogP contribution in [0.2, 0.25) is 0 Å². The SMILES string of the molecule is C=C(C)C(NCCCCc1ccc(CCCC(C)C)cc1C)=IC. The first kappa shape index (κ1) is 21.6. The van der Waals surface area contributed by atoms with E-state index in [0.717, 1.165) is 12.5 Å². The molecule has 0 aliphatic carbocycles. The van der Waals surface area contributed by atoms with Gasteiger partial charge in [-0.25, -0.2) is 0 Å². The molecule has 1 N–H and O–H groups in total. The maximum atomic E-state index is 4.05. The fraction of sp³-hybridized carbons (Fsp3) is 0.591. The van der Waals surface area contributed by atoms with Crippen molar-refractivity contribution in [2.45, 2.75) is 66.2 Å². The minimum absolute atomic E-state index is 0.121. The smallest absolute Gasteiger partial charge is 0.0462 e. The third-order valence-corrected chi connectivity index (χ3v) is 6.75. The highest BCUT2D eigenvalue weighted by Crippen LogP contribution is 2.16. The second-order valence-electron chi connectivity index (χ2n) is 7.21. The van der Waals surface area contributed by atoms with Crippen LogP contribution in [-0.2, 0) is 12.8 Å². The predicted molar refractivity (Wildman–Crippen MR) is 120 cm³/mol. The van der Waals surface area contributed by atoms with Crippen LogP contribution in [0.15, 0.2) is 30.4 Å². The molecule has 0 aliphatic heterocycles. The number of unbranched alkanes of at least 4 members (excludes halogenated alkanes) is 1. The van der Waals surface area contributed by atoms with E-state index in [0.29, 0.717) is 0 Å². The fourth-order valence-corrected chi connectivity index (χ4v) is 4.50. The zero-order valence-corrected chi connectivity index (χ0v) is 18.5. The van der Waals surface area contributed by atoms with Crippen LogP contribution in [0.3, 0.4) is 0 Å². The number of alkyl halides is 1. The van der Waals surface area contributed by atoms with Crippen molar-refractivity contribution < 1.29 is 0 Å². The van der Waals surface area contributed by atoms with E-state index in [2.05, 4.69) is 62.7 Å². The first-order valence-electron chi connectivity index (χ1n) is 9.28. The highest BCUT2D eigenvalue weighted by Gasteiger charge is 2.02. The summed E-state index contributed by atoms with van der Waals surface area (Å²) in [5.74, 6) is 0.816. The van der Waals surface area contributed by atoms with Gasteiger partial charge in [-0.3, -0.25) is 5.32 Å². The number of benzene rings is 1. The third-order valence-electron chi connectivity index (χ3n) is 4.37. The summed E-state index contributed by atoms with van der Waals surface area (Å²) in [4.78, 5) is 2.29. The summed E-state index contributed by atoms with van der Waals surface area (Å²) in [5, 5.41) is 3.58. The fourth-order valence-electron chi connectivity index (χ4n) is 2.93. The van der Waals surface area contributed by atoms with E-state index in [1.54, 1.807) is 0 Å². The van der Waals surface area contributed by atoms with Crippen molar-refractivity contribution in [3.8, 4) is 0 Å². The summed E-state index contributed by atoms with van der Waals surface area (Å²) >= 11 is 0.121. The van der Waals surface area contributed by atoms with Gasteiger partial charge in [-0.1, -0.05) is 45.0 Å². The Bertz CT molecular complexity index is 543. The molecule has 0 spiro atoms. The van der Waals surface area contributed by atoms with Crippen LogP contribution in [0.5, 0.6) is 0 Å². The molecule has 1 aromatic rings. The maximum absolute atomic E-state index is 4.05. The lowest BCUT2D eigenvalue weighted by molar-refractivity contribution is 0.555. The largest absolute Gasteiger partial charge is 0.284 e. The minimum atomic E-state index is 0.121. The Kier molecular flexibility index (Phi) is 10.8. The van der Waals surface area contributed by atoms with Gasteiger partial charge in [-0.05, 0) is 79.1 Å². The Labute approximate surface area is 160 Å². The molecule has 0 saturated carbocycles. The van der Waals surface area contributed by atoms with Crippen LogP contribution < -0.4 is 5.32 Å². The molecule has 0 unspecified atom stereocenters. The number of nitrogens with one attached hydrogen (secondary N) is 1. The molecule has 24 heavy (non-hydrogen) atoms. The van der Waals surface area contributed by atoms with Gasteiger partial charge in [-0.2, -0.15) is 0 Å². The molecule has 0 fully saturated rings. The van der Waals surface area contributed by atoms with Crippen molar-refractivity contribution in [2.24, 2.45) is 5.92 Å². The molecule has 0 bridgehead atoms. The molecule has 1 nitrogen and oxygen atoms in total. The number of rotatable bonds is 11. The van der Waals surface area contributed by atoms with Gasteiger partial charge in [0.15, 0.2) is 0 Å². The van der Waals surface area contributed by atoms with Gasteiger partial charge in [0.2, 0.25) is 0 Å². The number of hydrogen-bond acceptors (Lipinski definition) is 1. The lowest BCUT2D eigenvalue weighted by atomic mass is 9.97. The zero-order chi connectivity index (χ0) is 17.9. The molecule has 0 radical (unpaired) electrons. The van der Waals surface area contributed by atoms with Crippen LogP contribution in [0.25, 0.3) is 0 Å². The molecule has 0 heterocycles. The lowest BCUT2D eigenvalue weighted by Crippen LogP contribution is -2.23. The molecule has 0 aromatic heterocycles. The van der Waals surface area contributed by atoms with E-state index in [9.17, 15) is 0 Å². The van der Waals surface area contributed by atoms with Crippen molar-refractivity contribution in [2.75, 3.05) is 11.5 Å². The van der Waals surface area contributed by atoms with Gasteiger partial charge < -0.3 is 0 Å². The maximum Gasteiger partial charge on any atom is 0.0462 e. The quantitative estimate of drug-likeness (QED) is 0.245. The van der Waals surface area contributed by atoms with Crippen molar-refractivity contribution in [1.82, 2.24) is 5.32 Å². The Morgan fingerprint density at radius 2 is 1.92 bits per heavy atom. The highest BCUT2D eigenvalue weighted by molar-refractivity contribution is 14.2. The van der Waals surface area contributed by atoms with Crippen LogP contribution in [0.1, 0.15) is 63.1 Å². The van der Waals surface area contributed by atoms with Crippen molar-refractivity contribution in [3.63, 3.8) is 0 Å². The molecule has 0 aliphatic rings. The first-order chi connectivity index (χ1) is 11.4.